The van der Waals surface area contributed by atoms with Gasteiger partial charge in [0, 0.05) is 61.8 Å². The Morgan fingerprint density at radius 2 is 1.73 bits per heavy atom. The predicted molar refractivity (Wildman–Crippen MR) is 193 cm³/mol. The van der Waals surface area contributed by atoms with Crippen LogP contribution in [0.25, 0.3) is 10.9 Å². The normalized spacial score (nSPS) is 21.6. The van der Waals surface area contributed by atoms with E-state index in [0.717, 1.165) is 84.3 Å². The van der Waals surface area contributed by atoms with Crippen molar-refractivity contribution >= 4 is 45.9 Å². The van der Waals surface area contributed by atoms with Crippen LogP contribution in [0.2, 0.25) is 0 Å². The predicted octanol–water partition coefficient (Wildman–Crippen LogP) is 4.98. The summed E-state index contributed by atoms with van der Waals surface area (Å²) in [6.07, 6.45) is 7.53. The number of aromatic nitrogens is 2. The Morgan fingerprint density at radius 3 is 2.47 bits per heavy atom. The number of hydrogen-bond donors (Lipinski definition) is 3. The number of imide groups is 1. The number of rotatable bonds is 11. The molecule has 51 heavy (non-hydrogen) atoms. The molecule has 14 heteroatoms. The molecule has 2 aromatic carbocycles. The summed E-state index contributed by atoms with van der Waals surface area (Å²) in [5.74, 6) is 0.398. The number of fused-ring (bicyclic) bond motifs is 1. The lowest BCUT2D eigenvalue weighted by Gasteiger charge is -2.42. The number of piperidine rings is 3. The van der Waals surface area contributed by atoms with Gasteiger partial charge in [-0.15, -0.1) is 0 Å². The number of halogens is 2. The van der Waals surface area contributed by atoms with Gasteiger partial charge in [0.05, 0.1) is 23.6 Å². The summed E-state index contributed by atoms with van der Waals surface area (Å²) in [5, 5.41) is 5.79. The number of anilines is 2. The molecule has 0 spiro atoms. The second kappa shape index (κ2) is 16.3. The smallest absolute Gasteiger partial charge is 0.261 e. The quantitative estimate of drug-likeness (QED) is 0.233. The number of nitrogens with one attached hydrogen (secondary N) is 3. The SMILES string of the molecule is O=C1CCC(Nc2ccc(N3CCC(N4CCC(CCOc5cc(F)c6c(=O)[nH]c(CSC7CCOCC7)nc6c5)CC4)CC3)c(F)c2)C(=O)N1. The molecule has 1 aromatic heterocycles. The Hall–Kier alpha value is -3.75. The molecule has 0 radical (unpaired) electrons. The van der Waals surface area contributed by atoms with Crippen LogP contribution >= 0.6 is 11.8 Å². The molecule has 4 fully saturated rings. The van der Waals surface area contributed by atoms with Gasteiger partial charge in [-0.3, -0.25) is 19.7 Å². The van der Waals surface area contributed by atoms with E-state index >= 15 is 4.39 Å². The molecule has 1 atom stereocenters. The van der Waals surface area contributed by atoms with Crippen molar-refractivity contribution in [2.45, 2.75) is 80.9 Å². The molecule has 4 aliphatic heterocycles. The van der Waals surface area contributed by atoms with Gasteiger partial charge in [0.2, 0.25) is 11.8 Å². The maximum atomic E-state index is 15.2. The minimum atomic E-state index is -0.624. The van der Waals surface area contributed by atoms with E-state index in [1.54, 1.807) is 30.0 Å². The average molecular weight is 725 g/mol. The molecular formula is C37H46F2N6O5S. The van der Waals surface area contributed by atoms with Crippen molar-refractivity contribution < 1.29 is 27.8 Å². The van der Waals surface area contributed by atoms with E-state index < -0.39 is 17.4 Å². The van der Waals surface area contributed by atoms with Gasteiger partial charge in [0.1, 0.15) is 34.6 Å². The fraction of sp³-hybridized carbons (Fsp3) is 0.568. The van der Waals surface area contributed by atoms with Crippen LogP contribution in [0.1, 0.15) is 63.6 Å². The van der Waals surface area contributed by atoms with Crippen LogP contribution in [0.15, 0.2) is 35.1 Å². The molecule has 0 saturated carbocycles. The van der Waals surface area contributed by atoms with Crippen LogP contribution in [0.4, 0.5) is 20.2 Å². The van der Waals surface area contributed by atoms with Gasteiger partial charge in [0.15, 0.2) is 0 Å². The third-order valence-electron chi connectivity index (χ3n) is 10.7. The maximum Gasteiger partial charge on any atom is 0.261 e. The summed E-state index contributed by atoms with van der Waals surface area (Å²) in [7, 11) is 0. The number of ether oxygens (including phenoxy) is 2. The Kier molecular flexibility index (Phi) is 11.4. The van der Waals surface area contributed by atoms with E-state index in [9.17, 15) is 18.8 Å². The number of amides is 2. The number of thioether (sulfide) groups is 1. The summed E-state index contributed by atoms with van der Waals surface area (Å²) in [6.45, 7) is 5.54. The number of carbonyl (C=O) groups excluding carboxylic acids is 2. The van der Waals surface area contributed by atoms with Crippen LogP contribution in [0.5, 0.6) is 5.75 Å². The van der Waals surface area contributed by atoms with Gasteiger partial charge in [-0.25, -0.2) is 13.8 Å². The van der Waals surface area contributed by atoms with Gasteiger partial charge in [-0.1, -0.05) is 0 Å². The largest absolute Gasteiger partial charge is 0.493 e. The second-order valence-corrected chi connectivity index (χ2v) is 15.4. The molecule has 274 valence electrons. The minimum Gasteiger partial charge on any atom is -0.493 e. The Balaban J connectivity index is 0.843. The van der Waals surface area contributed by atoms with Gasteiger partial charge < -0.3 is 29.6 Å². The van der Waals surface area contributed by atoms with Crippen LogP contribution in [0.3, 0.4) is 0 Å². The lowest BCUT2D eigenvalue weighted by atomic mass is 9.91. The van der Waals surface area contributed by atoms with Crippen molar-refractivity contribution in [2.24, 2.45) is 5.92 Å². The summed E-state index contributed by atoms with van der Waals surface area (Å²) < 4.78 is 41.6. The second-order valence-electron chi connectivity index (χ2n) is 14.1. The zero-order chi connectivity index (χ0) is 35.3. The third-order valence-corrected chi connectivity index (χ3v) is 12.1. The molecule has 11 nitrogen and oxygen atoms in total. The standard InChI is InChI=1S/C37H46F2N6O5S/c38-28-19-24(40-30-2-4-34(46)43-36(30)47)1-3-32(28)45-14-7-25(8-15-45)44-12-5-23(6-13-44)9-18-50-26-20-29(39)35-31(21-26)41-33(42-37(35)48)22-51-27-10-16-49-17-11-27/h1,3,19-21,23,25,27,30,40H,2,4-18,22H2,(H,41,42,48)(H,43,46,47). The topological polar surface area (TPSA) is 129 Å². The highest BCUT2D eigenvalue weighted by Gasteiger charge is 2.30. The molecule has 3 aromatic rings. The van der Waals surface area contributed by atoms with Crippen LogP contribution in [-0.4, -0.2) is 90.0 Å². The van der Waals surface area contributed by atoms with Crippen molar-refractivity contribution in [1.29, 1.82) is 0 Å². The number of likely N-dealkylation sites (tertiary alicyclic amines) is 1. The first-order valence-corrected chi connectivity index (χ1v) is 19.3. The Labute approximate surface area is 300 Å². The van der Waals surface area contributed by atoms with Gasteiger partial charge in [-0.05, 0) is 88.6 Å². The molecule has 0 bridgehead atoms. The van der Waals surface area contributed by atoms with E-state index in [2.05, 4.69) is 30.4 Å². The molecule has 0 aliphatic carbocycles. The fourth-order valence-corrected chi connectivity index (χ4v) is 8.80. The minimum absolute atomic E-state index is 0.0391. The highest BCUT2D eigenvalue weighted by Crippen LogP contribution is 2.31. The summed E-state index contributed by atoms with van der Waals surface area (Å²) in [5.41, 5.74) is 0.945. The highest BCUT2D eigenvalue weighted by molar-refractivity contribution is 7.99. The highest BCUT2D eigenvalue weighted by atomic mass is 32.2. The third kappa shape index (κ3) is 8.83. The van der Waals surface area contributed by atoms with E-state index in [1.807, 2.05) is 0 Å². The number of H-pyrrole nitrogens is 1. The first-order valence-electron chi connectivity index (χ1n) is 18.2. The fourth-order valence-electron chi connectivity index (χ4n) is 7.75. The van der Waals surface area contributed by atoms with E-state index in [4.69, 9.17) is 9.47 Å². The maximum absolute atomic E-state index is 15.2. The van der Waals surface area contributed by atoms with Crippen LogP contribution < -0.4 is 25.8 Å². The van der Waals surface area contributed by atoms with E-state index in [0.29, 0.717) is 64.5 Å². The molecule has 3 N–H and O–H groups in total. The van der Waals surface area contributed by atoms with Crippen molar-refractivity contribution in [3.05, 3.63) is 58.1 Å². The van der Waals surface area contributed by atoms with Gasteiger partial charge in [-0.2, -0.15) is 11.8 Å². The summed E-state index contributed by atoms with van der Waals surface area (Å²) >= 11 is 1.74. The van der Waals surface area contributed by atoms with E-state index in [-0.39, 0.29) is 29.4 Å². The zero-order valence-electron chi connectivity index (χ0n) is 28.8. The number of carbonyl (C=O) groups is 2. The van der Waals surface area contributed by atoms with Crippen molar-refractivity contribution in [3.63, 3.8) is 0 Å². The lowest BCUT2D eigenvalue weighted by Crippen LogP contribution is -2.48. The molecule has 7 rings (SSSR count). The van der Waals surface area contributed by atoms with Crippen molar-refractivity contribution in [3.8, 4) is 5.75 Å². The van der Waals surface area contributed by atoms with E-state index in [1.165, 1.54) is 12.1 Å². The summed E-state index contributed by atoms with van der Waals surface area (Å²) in [4.78, 5) is 48.1. The lowest BCUT2D eigenvalue weighted by molar-refractivity contribution is -0.133. The Bertz CT molecular complexity index is 1770. The van der Waals surface area contributed by atoms with Crippen LogP contribution in [0, 0.1) is 17.6 Å². The summed E-state index contributed by atoms with van der Waals surface area (Å²) in [6, 6.07) is 7.86. The molecule has 5 heterocycles. The number of hydrogen-bond acceptors (Lipinski definition) is 10. The monoisotopic (exact) mass is 724 g/mol. The molecule has 4 saturated heterocycles. The van der Waals surface area contributed by atoms with Gasteiger partial charge in [0.25, 0.3) is 5.56 Å². The number of benzene rings is 2. The molecular weight excluding hydrogens is 679 g/mol. The first-order chi connectivity index (χ1) is 24.8. The zero-order valence-corrected chi connectivity index (χ0v) is 29.6. The first kappa shape index (κ1) is 35.6. The van der Waals surface area contributed by atoms with Crippen molar-refractivity contribution in [2.75, 3.05) is 56.2 Å². The molecule has 4 aliphatic rings. The molecule has 2 amide bonds. The number of aromatic amines is 1. The Morgan fingerprint density at radius 1 is 0.941 bits per heavy atom. The van der Waals surface area contributed by atoms with Gasteiger partial charge >= 0.3 is 0 Å². The average Bonchev–Trinajstić information content (AvgIpc) is 3.13. The van der Waals surface area contributed by atoms with Crippen molar-refractivity contribution in [1.82, 2.24) is 20.2 Å². The number of nitrogens with zero attached hydrogens (tertiary/aromatic N) is 3. The van der Waals surface area contributed by atoms with Crippen LogP contribution in [-0.2, 0) is 20.1 Å². The molecule has 1 unspecified atom stereocenters.